The van der Waals surface area contributed by atoms with Gasteiger partial charge in [0.25, 0.3) is 0 Å². The third-order valence-electron chi connectivity index (χ3n) is 2.95. The Morgan fingerprint density at radius 3 is 2.09 bits per heavy atom. The summed E-state index contributed by atoms with van der Waals surface area (Å²) < 4.78 is 76.2. The Hall–Kier alpha value is -2.09. The molecule has 1 N–H and O–H groups in total. The van der Waals surface area contributed by atoms with Gasteiger partial charge in [-0.25, -0.2) is 0 Å². The first-order valence-electron chi connectivity index (χ1n) is 5.97. The van der Waals surface area contributed by atoms with E-state index < -0.39 is 30.1 Å². The van der Waals surface area contributed by atoms with E-state index in [9.17, 15) is 26.3 Å². The van der Waals surface area contributed by atoms with Crippen LogP contribution >= 0.6 is 0 Å². The van der Waals surface area contributed by atoms with Crippen molar-refractivity contribution >= 4 is 0 Å². The highest BCUT2D eigenvalue weighted by atomic mass is 19.4. The van der Waals surface area contributed by atoms with Gasteiger partial charge in [-0.15, -0.1) is 0 Å². The third kappa shape index (κ3) is 3.38. The fourth-order valence-corrected chi connectivity index (χ4v) is 1.89. The van der Waals surface area contributed by atoms with Crippen LogP contribution in [-0.4, -0.2) is 10.1 Å². The van der Waals surface area contributed by atoms with Gasteiger partial charge in [0.2, 0.25) is 0 Å². The number of pyridine rings is 1. The zero-order valence-electron chi connectivity index (χ0n) is 10.8. The van der Waals surface area contributed by atoms with Crippen LogP contribution in [0.2, 0.25) is 0 Å². The lowest BCUT2D eigenvalue weighted by Crippen LogP contribution is -2.08. The van der Waals surface area contributed by atoms with Crippen molar-refractivity contribution in [3.8, 4) is 11.1 Å². The molecule has 2 aromatic rings. The molecule has 1 aromatic carbocycles. The Bertz CT molecular complexity index is 678. The first-order valence-corrected chi connectivity index (χ1v) is 5.97. The summed E-state index contributed by atoms with van der Waals surface area (Å²) in [6.45, 7) is -0.691. The number of rotatable bonds is 2. The number of alkyl halides is 6. The third-order valence-corrected chi connectivity index (χ3v) is 2.95. The monoisotopic (exact) mass is 321 g/mol. The first kappa shape index (κ1) is 16.3. The summed E-state index contributed by atoms with van der Waals surface area (Å²) in [5.41, 5.74) is -2.52. The SMILES string of the molecule is OCc1ncc(C(F)(F)F)cc1-c1cccc(C(F)(F)F)c1. The number of hydrogen-bond donors (Lipinski definition) is 1. The molecule has 22 heavy (non-hydrogen) atoms. The van der Waals surface area contributed by atoms with Crippen molar-refractivity contribution in [2.45, 2.75) is 19.0 Å². The highest BCUT2D eigenvalue weighted by molar-refractivity contribution is 5.67. The van der Waals surface area contributed by atoms with Gasteiger partial charge in [-0.2, -0.15) is 26.3 Å². The largest absolute Gasteiger partial charge is 0.417 e. The van der Waals surface area contributed by atoms with E-state index in [1.807, 2.05) is 0 Å². The van der Waals surface area contributed by atoms with E-state index in [0.717, 1.165) is 18.2 Å². The van der Waals surface area contributed by atoms with Gasteiger partial charge in [-0.1, -0.05) is 12.1 Å². The zero-order chi connectivity index (χ0) is 16.5. The summed E-state index contributed by atoms with van der Waals surface area (Å²) in [5, 5.41) is 9.14. The quantitative estimate of drug-likeness (QED) is 0.838. The average Bonchev–Trinajstić information content (AvgIpc) is 2.45. The average molecular weight is 321 g/mol. The van der Waals surface area contributed by atoms with Crippen molar-refractivity contribution in [1.82, 2.24) is 4.98 Å². The van der Waals surface area contributed by atoms with Gasteiger partial charge in [0, 0.05) is 11.8 Å². The smallest absolute Gasteiger partial charge is 0.390 e. The van der Waals surface area contributed by atoms with E-state index in [2.05, 4.69) is 4.98 Å². The fourth-order valence-electron chi connectivity index (χ4n) is 1.89. The van der Waals surface area contributed by atoms with Gasteiger partial charge >= 0.3 is 12.4 Å². The molecule has 0 fully saturated rings. The molecule has 0 saturated heterocycles. The van der Waals surface area contributed by atoms with Crippen LogP contribution < -0.4 is 0 Å². The summed E-state index contributed by atoms with van der Waals surface area (Å²) in [5.74, 6) is 0. The van der Waals surface area contributed by atoms with Crippen molar-refractivity contribution in [1.29, 1.82) is 0 Å². The van der Waals surface area contributed by atoms with Crippen molar-refractivity contribution in [3.05, 3.63) is 53.3 Å². The molecular formula is C14H9F6NO. The van der Waals surface area contributed by atoms with Crippen LogP contribution in [0.25, 0.3) is 11.1 Å². The van der Waals surface area contributed by atoms with Crippen LogP contribution in [0.15, 0.2) is 36.5 Å². The second-order valence-electron chi connectivity index (χ2n) is 4.45. The van der Waals surface area contributed by atoms with Crippen molar-refractivity contribution in [3.63, 3.8) is 0 Å². The van der Waals surface area contributed by atoms with Crippen molar-refractivity contribution in [2.24, 2.45) is 0 Å². The second kappa shape index (κ2) is 5.60. The molecule has 2 nitrogen and oxygen atoms in total. The minimum absolute atomic E-state index is 0.0996. The van der Waals surface area contributed by atoms with E-state index in [1.165, 1.54) is 6.07 Å². The highest BCUT2D eigenvalue weighted by Crippen LogP contribution is 2.35. The number of halogens is 6. The Morgan fingerprint density at radius 2 is 1.55 bits per heavy atom. The zero-order valence-corrected chi connectivity index (χ0v) is 10.8. The molecule has 0 atom stereocenters. The molecule has 8 heteroatoms. The van der Waals surface area contributed by atoms with Gasteiger partial charge in [0.05, 0.1) is 23.4 Å². The Balaban J connectivity index is 2.60. The number of nitrogens with zero attached hydrogens (tertiary/aromatic N) is 1. The second-order valence-corrected chi connectivity index (χ2v) is 4.45. The molecule has 0 unspecified atom stereocenters. The predicted molar refractivity (Wildman–Crippen MR) is 65.6 cm³/mol. The van der Waals surface area contributed by atoms with Gasteiger partial charge < -0.3 is 5.11 Å². The Morgan fingerprint density at radius 1 is 0.909 bits per heavy atom. The van der Waals surface area contributed by atoms with Gasteiger partial charge in [0.1, 0.15) is 0 Å². The molecule has 0 aliphatic rings. The molecule has 118 valence electrons. The maximum Gasteiger partial charge on any atom is 0.417 e. The summed E-state index contributed by atoms with van der Waals surface area (Å²) >= 11 is 0. The maximum atomic E-state index is 12.7. The molecule has 0 aliphatic carbocycles. The van der Waals surface area contributed by atoms with E-state index in [1.54, 1.807) is 0 Å². The first-order chi connectivity index (χ1) is 10.1. The lowest BCUT2D eigenvalue weighted by molar-refractivity contribution is -0.138. The Kier molecular flexibility index (Phi) is 4.15. The molecule has 0 spiro atoms. The molecule has 0 radical (unpaired) electrons. The molecule has 0 amide bonds. The molecule has 0 saturated carbocycles. The van der Waals surface area contributed by atoms with Gasteiger partial charge in [-0.3, -0.25) is 4.98 Å². The topological polar surface area (TPSA) is 33.1 Å². The van der Waals surface area contributed by atoms with E-state index in [4.69, 9.17) is 5.11 Å². The molecule has 0 bridgehead atoms. The standard InChI is InChI=1S/C14H9F6NO/c15-13(16,17)9-3-1-2-8(4-9)11-5-10(14(18,19)20)6-21-12(11)7-22/h1-6,22H,7H2. The highest BCUT2D eigenvalue weighted by Gasteiger charge is 2.33. The van der Waals surface area contributed by atoms with Gasteiger partial charge in [0.15, 0.2) is 0 Å². The summed E-state index contributed by atoms with van der Waals surface area (Å²) in [6.07, 6.45) is -8.77. The molecule has 0 aliphatic heterocycles. The number of aromatic nitrogens is 1. The maximum absolute atomic E-state index is 12.7. The number of benzene rings is 1. The van der Waals surface area contributed by atoms with Crippen LogP contribution in [0.5, 0.6) is 0 Å². The summed E-state index contributed by atoms with van der Waals surface area (Å²) in [7, 11) is 0. The van der Waals surface area contributed by atoms with E-state index in [-0.39, 0.29) is 16.8 Å². The van der Waals surface area contributed by atoms with Crippen LogP contribution in [0.4, 0.5) is 26.3 Å². The normalized spacial score (nSPS) is 12.5. The van der Waals surface area contributed by atoms with E-state index in [0.29, 0.717) is 12.3 Å². The number of aliphatic hydroxyl groups excluding tert-OH is 1. The minimum atomic E-state index is -4.68. The minimum Gasteiger partial charge on any atom is -0.390 e. The number of hydrogen-bond acceptors (Lipinski definition) is 2. The molecule has 1 heterocycles. The van der Waals surface area contributed by atoms with Crippen molar-refractivity contribution in [2.75, 3.05) is 0 Å². The van der Waals surface area contributed by atoms with E-state index >= 15 is 0 Å². The fraction of sp³-hybridized carbons (Fsp3) is 0.214. The lowest BCUT2D eigenvalue weighted by atomic mass is 10.00. The van der Waals surface area contributed by atoms with Crippen LogP contribution in [-0.2, 0) is 19.0 Å². The predicted octanol–water partition coefficient (Wildman–Crippen LogP) is 4.28. The number of aliphatic hydroxyl groups is 1. The van der Waals surface area contributed by atoms with Crippen LogP contribution in [0, 0.1) is 0 Å². The molecule has 2 rings (SSSR count). The van der Waals surface area contributed by atoms with Crippen molar-refractivity contribution < 1.29 is 31.4 Å². The van der Waals surface area contributed by atoms with Crippen LogP contribution in [0.3, 0.4) is 0 Å². The molecular weight excluding hydrogens is 312 g/mol. The summed E-state index contributed by atoms with van der Waals surface area (Å²) in [6, 6.07) is 4.51. The summed E-state index contributed by atoms with van der Waals surface area (Å²) in [4.78, 5) is 3.48. The van der Waals surface area contributed by atoms with Gasteiger partial charge in [-0.05, 0) is 23.8 Å². The lowest BCUT2D eigenvalue weighted by Gasteiger charge is -2.13. The Labute approximate surface area is 121 Å². The van der Waals surface area contributed by atoms with Crippen LogP contribution in [0.1, 0.15) is 16.8 Å². The molecule has 1 aromatic heterocycles.